The number of para-hydroxylation sites is 1. The lowest BCUT2D eigenvalue weighted by molar-refractivity contribution is 0.212. The van der Waals surface area contributed by atoms with Gasteiger partial charge in [0, 0.05) is 5.69 Å². The van der Waals surface area contributed by atoms with Gasteiger partial charge in [-0.25, -0.2) is 0 Å². The van der Waals surface area contributed by atoms with E-state index in [0.717, 1.165) is 5.69 Å². The predicted molar refractivity (Wildman–Crippen MR) is 88.4 cm³/mol. The Morgan fingerprint density at radius 2 is 1.64 bits per heavy atom. The van der Waals surface area contributed by atoms with Crippen LogP contribution in [0.3, 0.4) is 0 Å². The van der Waals surface area contributed by atoms with Crippen LogP contribution in [0.1, 0.15) is 26.3 Å². The molecule has 2 rings (SSSR count). The molecule has 0 aliphatic heterocycles. The average Bonchev–Trinajstić information content (AvgIpc) is 2.48. The molecule has 0 aliphatic rings. The Hall–Kier alpha value is -2.67. The summed E-state index contributed by atoms with van der Waals surface area (Å²) in [6.45, 7) is 6.52. The smallest absolute Gasteiger partial charge is 0.256 e. The Morgan fingerprint density at radius 3 is 2.18 bits per heavy atom. The van der Waals surface area contributed by atoms with E-state index in [-0.39, 0.29) is 5.41 Å². The Balaban J connectivity index is 2.06. The summed E-state index contributed by atoms with van der Waals surface area (Å²) in [7, 11) is 0. The molecule has 0 bridgehead atoms. The lowest BCUT2D eigenvalue weighted by atomic mass is 9.87. The number of nitrogens with zero attached hydrogens (tertiary/aromatic N) is 1. The summed E-state index contributed by atoms with van der Waals surface area (Å²) in [4.78, 5) is 0. The zero-order valence-electron chi connectivity index (χ0n) is 13.1. The van der Waals surface area contributed by atoms with Crippen molar-refractivity contribution in [1.29, 1.82) is 5.26 Å². The van der Waals surface area contributed by atoms with E-state index >= 15 is 0 Å². The van der Waals surface area contributed by atoms with Gasteiger partial charge in [-0.1, -0.05) is 51.1 Å². The molecule has 1 unspecified atom stereocenters. The predicted octanol–water partition coefficient (Wildman–Crippen LogP) is 3.83. The molecule has 0 radical (unpaired) electrons. The monoisotopic (exact) mass is 295 g/mol. The van der Waals surface area contributed by atoms with Crippen LogP contribution in [0.15, 0.2) is 54.6 Å². The van der Waals surface area contributed by atoms with Gasteiger partial charge in [-0.3, -0.25) is 5.32 Å². The number of hydrogen-bond donors (Lipinski definition) is 2. The van der Waals surface area contributed by atoms with Crippen molar-refractivity contribution >= 4 is 5.69 Å². The first-order valence-corrected chi connectivity index (χ1v) is 7.22. The van der Waals surface area contributed by atoms with Crippen molar-refractivity contribution in [3.05, 3.63) is 60.2 Å². The summed E-state index contributed by atoms with van der Waals surface area (Å²) < 4.78 is 5.71. The molecule has 2 N–H and O–H groups in total. The van der Waals surface area contributed by atoms with Crippen molar-refractivity contribution in [3.63, 3.8) is 0 Å². The summed E-state index contributed by atoms with van der Waals surface area (Å²) >= 11 is 0. The molecule has 0 aliphatic carbocycles. The van der Waals surface area contributed by atoms with Crippen LogP contribution in [-0.4, -0.2) is 6.35 Å². The zero-order valence-corrected chi connectivity index (χ0v) is 13.1. The Bertz CT molecular complexity index is 624. The minimum absolute atomic E-state index is 0.114. The molecule has 22 heavy (non-hydrogen) atoms. The van der Waals surface area contributed by atoms with Crippen LogP contribution >= 0.6 is 0 Å². The van der Waals surface area contributed by atoms with E-state index in [9.17, 15) is 0 Å². The lowest BCUT2D eigenvalue weighted by Gasteiger charge is -2.22. The van der Waals surface area contributed by atoms with E-state index in [4.69, 9.17) is 10.00 Å². The molecule has 4 nitrogen and oxygen atoms in total. The molecule has 0 amide bonds. The Kier molecular flexibility index (Phi) is 4.90. The van der Waals surface area contributed by atoms with Crippen LogP contribution < -0.4 is 15.4 Å². The molecule has 0 fully saturated rings. The average molecular weight is 295 g/mol. The maximum absolute atomic E-state index is 8.86. The van der Waals surface area contributed by atoms with Gasteiger partial charge in [0.15, 0.2) is 6.19 Å². The standard InChI is InChI=1S/C18H21N3O/c1-18(2,3)14-9-11-15(12-10-14)21-17(20-13-19)22-16-7-5-4-6-8-16/h4-12,17,20-21H,1-3H3. The zero-order chi connectivity index (χ0) is 16.0. The second-order valence-corrected chi connectivity index (χ2v) is 6.04. The van der Waals surface area contributed by atoms with Crippen LogP contribution in [0.2, 0.25) is 0 Å². The summed E-state index contributed by atoms with van der Waals surface area (Å²) in [5, 5.41) is 14.6. The summed E-state index contributed by atoms with van der Waals surface area (Å²) in [5.41, 5.74) is 2.26. The van der Waals surface area contributed by atoms with Gasteiger partial charge in [-0.2, -0.15) is 5.26 Å². The van der Waals surface area contributed by atoms with E-state index in [0.29, 0.717) is 5.75 Å². The van der Waals surface area contributed by atoms with Crippen molar-refractivity contribution in [2.75, 3.05) is 5.32 Å². The highest BCUT2D eigenvalue weighted by atomic mass is 16.5. The lowest BCUT2D eigenvalue weighted by Crippen LogP contribution is -2.38. The molecule has 114 valence electrons. The van der Waals surface area contributed by atoms with E-state index in [1.165, 1.54) is 5.56 Å². The molecule has 2 aromatic carbocycles. The second-order valence-electron chi connectivity index (χ2n) is 6.04. The van der Waals surface area contributed by atoms with E-state index in [2.05, 4.69) is 43.5 Å². The molecule has 2 aromatic rings. The number of rotatable bonds is 5. The highest BCUT2D eigenvalue weighted by Crippen LogP contribution is 2.23. The molecular formula is C18H21N3O. The number of ether oxygens (including phenoxy) is 1. The van der Waals surface area contributed by atoms with E-state index in [1.54, 1.807) is 0 Å². The van der Waals surface area contributed by atoms with Gasteiger partial charge in [-0.15, -0.1) is 0 Å². The number of hydrogen-bond acceptors (Lipinski definition) is 4. The molecule has 0 spiro atoms. The van der Waals surface area contributed by atoms with Crippen LogP contribution in [0.5, 0.6) is 5.75 Å². The third-order valence-corrected chi connectivity index (χ3v) is 3.24. The minimum Gasteiger partial charge on any atom is -0.452 e. The van der Waals surface area contributed by atoms with Gasteiger partial charge >= 0.3 is 0 Å². The fraction of sp³-hybridized carbons (Fsp3) is 0.278. The number of nitrogens with one attached hydrogen (secondary N) is 2. The fourth-order valence-electron chi connectivity index (χ4n) is 2.01. The van der Waals surface area contributed by atoms with Crippen molar-refractivity contribution in [3.8, 4) is 11.9 Å². The highest BCUT2D eigenvalue weighted by molar-refractivity contribution is 5.46. The molecular weight excluding hydrogens is 274 g/mol. The first kappa shape index (κ1) is 15.7. The van der Waals surface area contributed by atoms with Crippen molar-refractivity contribution < 1.29 is 4.74 Å². The quantitative estimate of drug-likeness (QED) is 0.500. The maximum atomic E-state index is 8.86. The van der Waals surface area contributed by atoms with Gasteiger partial charge in [0.05, 0.1) is 0 Å². The molecule has 4 heteroatoms. The van der Waals surface area contributed by atoms with Crippen LogP contribution in [0.4, 0.5) is 5.69 Å². The topological polar surface area (TPSA) is 57.1 Å². The van der Waals surface area contributed by atoms with Crippen LogP contribution in [0, 0.1) is 11.5 Å². The third kappa shape index (κ3) is 4.42. The largest absolute Gasteiger partial charge is 0.452 e. The van der Waals surface area contributed by atoms with Gasteiger partial charge < -0.3 is 10.1 Å². The maximum Gasteiger partial charge on any atom is 0.256 e. The van der Waals surface area contributed by atoms with Crippen molar-refractivity contribution in [2.45, 2.75) is 32.5 Å². The van der Waals surface area contributed by atoms with Gasteiger partial charge in [-0.05, 0) is 35.2 Å². The Labute approximate surface area is 131 Å². The normalized spacial score (nSPS) is 12.1. The Morgan fingerprint density at radius 1 is 1.00 bits per heavy atom. The number of anilines is 1. The van der Waals surface area contributed by atoms with Gasteiger partial charge in [0.2, 0.25) is 0 Å². The number of benzene rings is 2. The molecule has 0 heterocycles. The van der Waals surface area contributed by atoms with E-state index < -0.39 is 6.35 Å². The molecule has 0 saturated heterocycles. The summed E-state index contributed by atoms with van der Waals surface area (Å²) in [6, 6.07) is 17.5. The number of nitriles is 1. The van der Waals surface area contributed by atoms with Gasteiger partial charge in [0.25, 0.3) is 6.35 Å². The van der Waals surface area contributed by atoms with E-state index in [1.807, 2.05) is 48.7 Å². The minimum atomic E-state index is -0.618. The summed E-state index contributed by atoms with van der Waals surface area (Å²) in [6.07, 6.45) is 1.29. The van der Waals surface area contributed by atoms with Crippen LogP contribution in [0.25, 0.3) is 0 Å². The van der Waals surface area contributed by atoms with Crippen molar-refractivity contribution in [1.82, 2.24) is 5.32 Å². The first-order valence-electron chi connectivity index (χ1n) is 7.22. The fourth-order valence-corrected chi connectivity index (χ4v) is 2.01. The molecule has 1 atom stereocenters. The molecule has 0 saturated carbocycles. The SMILES string of the molecule is CC(C)(C)c1ccc(NC(NC#N)Oc2ccccc2)cc1. The third-order valence-electron chi connectivity index (χ3n) is 3.24. The summed E-state index contributed by atoms with van der Waals surface area (Å²) in [5.74, 6) is 0.689. The van der Waals surface area contributed by atoms with Crippen LogP contribution in [-0.2, 0) is 5.41 Å². The second kappa shape index (κ2) is 6.86. The molecule has 0 aromatic heterocycles. The van der Waals surface area contributed by atoms with Crippen molar-refractivity contribution in [2.24, 2.45) is 0 Å². The van der Waals surface area contributed by atoms with Gasteiger partial charge in [0.1, 0.15) is 5.75 Å². The first-order chi connectivity index (χ1) is 10.5. The highest BCUT2D eigenvalue weighted by Gasteiger charge is 2.14.